The van der Waals surface area contributed by atoms with Crippen molar-refractivity contribution in [2.45, 2.75) is 44.6 Å². The molecule has 0 aliphatic carbocycles. The number of amides is 1. The Morgan fingerprint density at radius 2 is 1.88 bits per heavy atom. The van der Waals surface area contributed by atoms with Crippen LogP contribution in [0.25, 0.3) is 16.9 Å². The normalized spacial score (nSPS) is 18.6. The molecule has 2 saturated heterocycles. The van der Waals surface area contributed by atoms with E-state index in [1.165, 1.54) is 17.7 Å². The molecule has 1 aromatic carbocycles. The SMILES string of the molecule is CCc1nc2ccc(C3CCN(CC(=O)N4CC[C@@H](O)C4)CC3)cn2c1N(C)c1nc(-c2ccc(F)cc2)cs1. The van der Waals surface area contributed by atoms with Crippen LogP contribution in [-0.2, 0) is 11.2 Å². The number of aryl methyl sites for hydroxylation is 1. The highest BCUT2D eigenvalue weighted by atomic mass is 32.1. The van der Waals surface area contributed by atoms with Crippen LogP contribution < -0.4 is 4.90 Å². The van der Waals surface area contributed by atoms with E-state index in [0.717, 1.165) is 65.9 Å². The largest absolute Gasteiger partial charge is 0.391 e. The summed E-state index contributed by atoms with van der Waals surface area (Å²) in [6, 6.07) is 10.7. The highest BCUT2D eigenvalue weighted by Crippen LogP contribution is 2.35. The van der Waals surface area contributed by atoms with Gasteiger partial charge in [0.25, 0.3) is 0 Å². The van der Waals surface area contributed by atoms with Gasteiger partial charge in [0.15, 0.2) is 5.13 Å². The van der Waals surface area contributed by atoms with E-state index >= 15 is 0 Å². The number of likely N-dealkylation sites (tertiary alicyclic amines) is 2. The monoisotopic (exact) mass is 562 g/mol. The number of pyridine rings is 1. The van der Waals surface area contributed by atoms with E-state index in [-0.39, 0.29) is 17.8 Å². The van der Waals surface area contributed by atoms with Gasteiger partial charge < -0.3 is 14.9 Å². The highest BCUT2D eigenvalue weighted by molar-refractivity contribution is 7.14. The van der Waals surface area contributed by atoms with Crippen LogP contribution in [0.1, 0.15) is 43.4 Å². The Labute approximate surface area is 237 Å². The Bertz CT molecular complexity index is 1490. The second-order valence-corrected chi connectivity index (χ2v) is 11.7. The number of piperidine rings is 1. The number of halogens is 1. The maximum atomic E-state index is 13.4. The van der Waals surface area contributed by atoms with E-state index in [0.29, 0.717) is 32.0 Å². The summed E-state index contributed by atoms with van der Waals surface area (Å²) in [5.74, 6) is 1.29. The van der Waals surface area contributed by atoms with Gasteiger partial charge in [0.05, 0.1) is 24.0 Å². The van der Waals surface area contributed by atoms with Gasteiger partial charge in [0.1, 0.15) is 17.3 Å². The number of carbonyl (C=O) groups is 1. The molecule has 1 N–H and O–H groups in total. The van der Waals surface area contributed by atoms with Gasteiger partial charge in [-0.15, -0.1) is 11.3 Å². The first-order chi connectivity index (χ1) is 19.4. The summed E-state index contributed by atoms with van der Waals surface area (Å²) >= 11 is 1.56. The topological polar surface area (TPSA) is 77.2 Å². The average molecular weight is 563 g/mol. The third kappa shape index (κ3) is 5.35. The number of nitrogens with zero attached hydrogens (tertiary/aromatic N) is 6. The molecule has 3 aromatic heterocycles. The molecular weight excluding hydrogens is 527 g/mol. The average Bonchev–Trinajstić information content (AvgIpc) is 3.71. The number of hydrogen-bond donors (Lipinski definition) is 1. The summed E-state index contributed by atoms with van der Waals surface area (Å²) < 4.78 is 15.6. The van der Waals surface area contributed by atoms with E-state index in [1.54, 1.807) is 28.4 Å². The summed E-state index contributed by atoms with van der Waals surface area (Å²) in [5.41, 5.74) is 4.92. The minimum atomic E-state index is -0.377. The van der Waals surface area contributed by atoms with Crippen molar-refractivity contribution in [1.29, 1.82) is 0 Å². The molecule has 40 heavy (non-hydrogen) atoms. The van der Waals surface area contributed by atoms with Crippen molar-refractivity contribution in [2.75, 3.05) is 44.7 Å². The smallest absolute Gasteiger partial charge is 0.236 e. The zero-order valence-corrected chi connectivity index (χ0v) is 23.8. The number of imidazole rings is 1. The maximum Gasteiger partial charge on any atom is 0.236 e. The first kappa shape index (κ1) is 26.9. The van der Waals surface area contributed by atoms with Crippen molar-refractivity contribution in [2.24, 2.45) is 0 Å². The number of aliphatic hydroxyl groups excluding tert-OH is 1. The highest BCUT2D eigenvalue weighted by Gasteiger charge is 2.28. The molecule has 1 amide bonds. The molecule has 2 aliphatic heterocycles. The number of carbonyl (C=O) groups excluding carboxylic acids is 1. The second kappa shape index (κ2) is 11.3. The van der Waals surface area contributed by atoms with Crippen molar-refractivity contribution < 1.29 is 14.3 Å². The van der Waals surface area contributed by atoms with Crippen molar-refractivity contribution >= 4 is 33.8 Å². The van der Waals surface area contributed by atoms with Crippen LogP contribution in [0.15, 0.2) is 48.0 Å². The lowest BCUT2D eigenvalue weighted by molar-refractivity contribution is -0.132. The number of anilines is 2. The lowest BCUT2D eigenvalue weighted by Crippen LogP contribution is -2.42. The molecule has 2 aliphatic rings. The minimum Gasteiger partial charge on any atom is -0.391 e. The summed E-state index contributed by atoms with van der Waals surface area (Å²) in [6.45, 7) is 5.44. The van der Waals surface area contributed by atoms with Crippen molar-refractivity contribution in [3.8, 4) is 11.3 Å². The minimum absolute atomic E-state index is 0.124. The number of benzene rings is 1. The van der Waals surface area contributed by atoms with Gasteiger partial charge in [-0.05, 0) is 80.6 Å². The van der Waals surface area contributed by atoms with Crippen LogP contribution in [0.2, 0.25) is 0 Å². The molecule has 0 radical (unpaired) electrons. The Morgan fingerprint density at radius 1 is 1.10 bits per heavy atom. The first-order valence-electron chi connectivity index (χ1n) is 14.0. The van der Waals surface area contributed by atoms with E-state index in [2.05, 4.69) is 39.5 Å². The molecule has 5 heterocycles. The van der Waals surface area contributed by atoms with Gasteiger partial charge in [0.2, 0.25) is 5.91 Å². The van der Waals surface area contributed by atoms with Crippen LogP contribution in [-0.4, -0.2) is 81.1 Å². The number of hydrogen-bond acceptors (Lipinski definition) is 7. The number of rotatable bonds is 7. The summed E-state index contributed by atoms with van der Waals surface area (Å²) in [6.07, 6.45) is 5.31. The number of aliphatic hydroxyl groups is 1. The van der Waals surface area contributed by atoms with Crippen LogP contribution in [0, 0.1) is 5.82 Å². The van der Waals surface area contributed by atoms with Gasteiger partial charge in [0, 0.05) is 37.3 Å². The second-order valence-electron chi connectivity index (χ2n) is 10.8. The molecule has 1 atom stereocenters. The zero-order valence-electron chi connectivity index (χ0n) is 23.0. The summed E-state index contributed by atoms with van der Waals surface area (Å²) in [5, 5.41) is 12.6. The molecular formula is C30H35FN6O2S. The predicted molar refractivity (Wildman–Crippen MR) is 156 cm³/mol. The third-order valence-electron chi connectivity index (χ3n) is 8.19. The standard InChI is InChI=1S/C30H35FN6O2S/c1-3-25-29(34(2)30-33-26(19-40-30)21-4-7-23(31)8-5-21)37-16-22(6-9-27(37)32-25)20-10-13-35(14-11-20)18-28(39)36-15-12-24(38)17-36/h4-9,16,19-20,24,38H,3,10-15,17-18H2,1-2H3/t24-/m1/s1. The lowest BCUT2D eigenvalue weighted by Gasteiger charge is -2.32. The Hall–Kier alpha value is -3.34. The van der Waals surface area contributed by atoms with Gasteiger partial charge in [-0.2, -0.15) is 0 Å². The van der Waals surface area contributed by atoms with Gasteiger partial charge in [-0.1, -0.05) is 13.0 Å². The molecule has 2 fully saturated rings. The van der Waals surface area contributed by atoms with E-state index in [9.17, 15) is 14.3 Å². The Kier molecular flexibility index (Phi) is 7.57. The number of fused-ring (bicyclic) bond motifs is 1. The van der Waals surface area contributed by atoms with Crippen molar-refractivity contribution in [1.82, 2.24) is 24.2 Å². The Morgan fingerprint density at radius 3 is 2.58 bits per heavy atom. The van der Waals surface area contributed by atoms with Gasteiger partial charge in [-0.25, -0.2) is 14.4 Å². The van der Waals surface area contributed by atoms with Crippen LogP contribution in [0.4, 0.5) is 15.3 Å². The van der Waals surface area contributed by atoms with E-state index in [1.807, 2.05) is 12.4 Å². The fourth-order valence-corrected chi connectivity index (χ4v) is 6.68. The number of thiazole rings is 1. The molecule has 0 unspecified atom stereocenters. The molecule has 0 bridgehead atoms. The van der Waals surface area contributed by atoms with Crippen molar-refractivity contribution in [3.63, 3.8) is 0 Å². The van der Waals surface area contributed by atoms with E-state index < -0.39 is 0 Å². The predicted octanol–water partition coefficient (Wildman–Crippen LogP) is 4.70. The van der Waals surface area contributed by atoms with Crippen LogP contribution >= 0.6 is 11.3 Å². The van der Waals surface area contributed by atoms with Gasteiger partial charge in [-0.3, -0.25) is 14.1 Å². The molecule has 0 saturated carbocycles. The summed E-state index contributed by atoms with van der Waals surface area (Å²) in [4.78, 5) is 28.5. The third-order valence-corrected chi connectivity index (χ3v) is 9.11. The number of aromatic nitrogens is 3. The molecule has 8 nitrogen and oxygen atoms in total. The summed E-state index contributed by atoms with van der Waals surface area (Å²) in [7, 11) is 2.03. The number of β-amino-alcohol motifs (C(OH)–C–C–N with tert-alkyl or cyclic N) is 1. The fourth-order valence-electron chi connectivity index (χ4n) is 5.88. The molecule has 0 spiro atoms. The van der Waals surface area contributed by atoms with Crippen molar-refractivity contribution in [3.05, 3.63) is 65.0 Å². The molecule has 10 heteroatoms. The van der Waals surface area contributed by atoms with E-state index in [4.69, 9.17) is 9.97 Å². The maximum absolute atomic E-state index is 13.4. The van der Waals surface area contributed by atoms with Crippen LogP contribution in [0.5, 0.6) is 0 Å². The molecule has 4 aromatic rings. The quantitative estimate of drug-likeness (QED) is 0.352. The zero-order chi connectivity index (χ0) is 27.8. The molecule has 210 valence electrons. The lowest BCUT2D eigenvalue weighted by atomic mass is 9.90. The molecule has 6 rings (SSSR count). The Balaban J connectivity index is 1.19. The fraction of sp³-hybridized carbons (Fsp3) is 0.433. The van der Waals surface area contributed by atoms with Crippen LogP contribution in [0.3, 0.4) is 0 Å². The first-order valence-corrected chi connectivity index (χ1v) is 14.9. The van der Waals surface area contributed by atoms with Gasteiger partial charge >= 0.3 is 0 Å².